The van der Waals surface area contributed by atoms with Crippen molar-refractivity contribution in [3.05, 3.63) is 52.4 Å². The number of hydrogen-bond acceptors (Lipinski definition) is 7. The average molecular weight is 396 g/mol. The monoisotopic (exact) mass is 396 g/mol. The number of carbonyl (C=O) groups is 1. The van der Waals surface area contributed by atoms with E-state index in [0.29, 0.717) is 17.9 Å². The van der Waals surface area contributed by atoms with Crippen LogP contribution in [0.2, 0.25) is 0 Å². The van der Waals surface area contributed by atoms with Crippen molar-refractivity contribution in [2.75, 3.05) is 22.5 Å². The minimum atomic E-state index is -0.490. The maximum atomic E-state index is 11.7. The summed E-state index contributed by atoms with van der Waals surface area (Å²) in [5.41, 5.74) is 2.44. The number of nitrogens with one attached hydrogen (secondary N) is 3. The Morgan fingerprint density at radius 3 is 2.52 bits per heavy atom. The molecule has 0 saturated heterocycles. The van der Waals surface area contributed by atoms with Crippen LogP contribution >= 0.6 is 0 Å². The fourth-order valence-electron chi connectivity index (χ4n) is 3.22. The molecule has 3 rings (SSSR count). The van der Waals surface area contributed by atoms with Crippen molar-refractivity contribution in [1.29, 1.82) is 0 Å². The van der Waals surface area contributed by atoms with Gasteiger partial charge in [0.25, 0.3) is 0 Å². The fraction of sp³-hybridized carbons (Fsp3) is 0.350. The van der Waals surface area contributed by atoms with Crippen LogP contribution < -0.4 is 16.0 Å². The zero-order valence-electron chi connectivity index (χ0n) is 16.3. The van der Waals surface area contributed by atoms with Gasteiger partial charge in [-0.15, -0.1) is 0 Å². The second-order valence-corrected chi connectivity index (χ2v) is 6.85. The van der Waals surface area contributed by atoms with Crippen LogP contribution in [-0.2, 0) is 4.79 Å². The summed E-state index contributed by atoms with van der Waals surface area (Å²) in [4.78, 5) is 30.4. The van der Waals surface area contributed by atoms with Gasteiger partial charge in [-0.2, -0.15) is 0 Å². The highest BCUT2D eigenvalue weighted by Crippen LogP contribution is 2.31. The van der Waals surface area contributed by atoms with Gasteiger partial charge in [0.05, 0.1) is 4.92 Å². The van der Waals surface area contributed by atoms with E-state index in [9.17, 15) is 14.9 Å². The first kappa shape index (κ1) is 20.2. The Morgan fingerprint density at radius 2 is 1.86 bits per heavy atom. The van der Waals surface area contributed by atoms with E-state index in [-0.39, 0.29) is 23.2 Å². The number of amides is 1. The third kappa shape index (κ3) is 5.74. The molecule has 0 aliphatic heterocycles. The maximum absolute atomic E-state index is 11.7. The Morgan fingerprint density at radius 1 is 1.14 bits per heavy atom. The summed E-state index contributed by atoms with van der Waals surface area (Å²) in [5.74, 6) is 0.132. The molecular formula is C20H24N6O3. The van der Waals surface area contributed by atoms with Crippen molar-refractivity contribution in [2.24, 2.45) is 0 Å². The minimum Gasteiger partial charge on any atom is -0.364 e. The molecule has 0 saturated carbocycles. The molecule has 0 radical (unpaired) electrons. The minimum absolute atomic E-state index is 0.108. The molecule has 1 aliphatic carbocycles. The Labute approximate surface area is 168 Å². The predicted molar refractivity (Wildman–Crippen MR) is 112 cm³/mol. The van der Waals surface area contributed by atoms with Crippen LogP contribution in [0.25, 0.3) is 0 Å². The number of rotatable bonds is 8. The van der Waals surface area contributed by atoms with Gasteiger partial charge in [-0.05, 0) is 56.4 Å². The van der Waals surface area contributed by atoms with Crippen molar-refractivity contribution in [2.45, 2.75) is 39.0 Å². The molecule has 9 nitrogen and oxygen atoms in total. The molecule has 1 aliphatic rings. The van der Waals surface area contributed by atoms with E-state index in [1.54, 1.807) is 24.3 Å². The van der Waals surface area contributed by atoms with E-state index in [2.05, 4.69) is 32.0 Å². The van der Waals surface area contributed by atoms with Gasteiger partial charge in [0.1, 0.15) is 6.33 Å². The number of anilines is 4. The van der Waals surface area contributed by atoms with Gasteiger partial charge in [0.2, 0.25) is 17.5 Å². The van der Waals surface area contributed by atoms with E-state index in [0.717, 1.165) is 19.3 Å². The molecule has 1 heterocycles. The van der Waals surface area contributed by atoms with Gasteiger partial charge in [-0.25, -0.2) is 9.97 Å². The molecule has 1 amide bonds. The van der Waals surface area contributed by atoms with Crippen molar-refractivity contribution in [3.8, 4) is 0 Å². The molecule has 0 spiro atoms. The van der Waals surface area contributed by atoms with Crippen LogP contribution in [0.4, 0.5) is 28.7 Å². The zero-order chi connectivity index (χ0) is 20.6. The number of allylic oxidation sites excluding steroid dienone is 1. The van der Waals surface area contributed by atoms with E-state index in [4.69, 9.17) is 0 Å². The van der Waals surface area contributed by atoms with E-state index in [1.807, 2.05) is 0 Å². The van der Waals surface area contributed by atoms with E-state index >= 15 is 0 Å². The Kier molecular flexibility index (Phi) is 6.72. The molecule has 2 aromatic rings. The number of aromatic nitrogens is 2. The van der Waals surface area contributed by atoms with Crippen LogP contribution in [0.3, 0.4) is 0 Å². The molecule has 3 N–H and O–H groups in total. The number of carbonyl (C=O) groups excluding carboxylic acids is 1. The average Bonchev–Trinajstić information content (AvgIpc) is 2.70. The fourth-order valence-corrected chi connectivity index (χ4v) is 3.22. The van der Waals surface area contributed by atoms with E-state index < -0.39 is 4.92 Å². The van der Waals surface area contributed by atoms with Crippen molar-refractivity contribution < 1.29 is 9.72 Å². The van der Waals surface area contributed by atoms with E-state index in [1.165, 1.54) is 31.7 Å². The molecule has 0 bridgehead atoms. The SMILES string of the molecule is CC(=O)Nc1ccc(Nc2ncnc(NCCC3=CCCCC3)c2[N+](=O)[O-])cc1. The van der Waals surface area contributed by atoms with Gasteiger partial charge in [0, 0.05) is 24.8 Å². The first-order chi connectivity index (χ1) is 14.0. The van der Waals surface area contributed by atoms with Gasteiger partial charge in [-0.1, -0.05) is 11.6 Å². The lowest BCUT2D eigenvalue weighted by atomic mass is 9.97. The standard InChI is InChI=1S/C20H24N6O3/c1-14(27)24-16-7-9-17(10-8-16)25-20-18(26(28)29)19(22-13-23-20)21-12-11-15-5-3-2-4-6-15/h5,7-10,13H,2-4,6,11-12H2,1H3,(H,24,27)(H2,21,22,23,25). The summed E-state index contributed by atoms with van der Waals surface area (Å²) in [6, 6.07) is 6.82. The summed E-state index contributed by atoms with van der Waals surface area (Å²) in [6.45, 7) is 2.00. The predicted octanol–water partition coefficient (Wildman–Crippen LogP) is 4.39. The highest BCUT2D eigenvalue weighted by molar-refractivity contribution is 5.89. The number of benzene rings is 1. The topological polar surface area (TPSA) is 122 Å². The summed E-state index contributed by atoms with van der Waals surface area (Å²) >= 11 is 0. The summed E-state index contributed by atoms with van der Waals surface area (Å²) < 4.78 is 0. The van der Waals surface area contributed by atoms with Crippen LogP contribution in [0.15, 0.2) is 42.2 Å². The molecule has 152 valence electrons. The largest absolute Gasteiger partial charge is 0.364 e. The Balaban J connectivity index is 1.71. The van der Waals surface area contributed by atoms with Gasteiger partial charge in [0.15, 0.2) is 0 Å². The number of nitrogens with zero attached hydrogens (tertiary/aromatic N) is 3. The van der Waals surface area contributed by atoms with Crippen molar-refractivity contribution >= 4 is 34.6 Å². The van der Waals surface area contributed by atoms with Crippen LogP contribution in [0.1, 0.15) is 39.0 Å². The summed E-state index contributed by atoms with van der Waals surface area (Å²) in [5, 5.41) is 20.4. The molecule has 9 heteroatoms. The molecule has 0 fully saturated rings. The zero-order valence-corrected chi connectivity index (χ0v) is 16.3. The lowest BCUT2D eigenvalue weighted by Crippen LogP contribution is -2.10. The van der Waals surface area contributed by atoms with Crippen LogP contribution in [0.5, 0.6) is 0 Å². The van der Waals surface area contributed by atoms with Crippen molar-refractivity contribution in [3.63, 3.8) is 0 Å². The van der Waals surface area contributed by atoms with Crippen LogP contribution in [-0.4, -0.2) is 27.3 Å². The summed E-state index contributed by atoms with van der Waals surface area (Å²) in [7, 11) is 0. The molecular weight excluding hydrogens is 372 g/mol. The second kappa shape index (κ2) is 9.63. The van der Waals surface area contributed by atoms with Crippen LogP contribution in [0, 0.1) is 10.1 Å². The second-order valence-electron chi connectivity index (χ2n) is 6.85. The summed E-state index contributed by atoms with van der Waals surface area (Å²) in [6.07, 6.45) is 9.03. The highest BCUT2D eigenvalue weighted by atomic mass is 16.6. The lowest BCUT2D eigenvalue weighted by molar-refractivity contribution is -0.383. The molecule has 0 unspecified atom stereocenters. The first-order valence-electron chi connectivity index (χ1n) is 9.59. The molecule has 0 atom stereocenters. The smallest absolute Gasteiger partial charge is 0.353 e. The molecule has 29 heavy (non-hydrogen) atoms. The normalized spacial score (nSPS) is 13.3. The van der Waals surface area contributed by atoms with Gasteiger partial charge in [-0.3, -0.25) is 14.9 Å². The number of nitro groups is 1. The van der Waals surface area contributed by atoms with Gasteiger partial charge < -0.3 is 16.0 Å². The Hall–Kier alpha value is -3.49. The maximum Gasteiger partial charge on any atom is 0.353 e. The Bertz CT molecular complexity index is 911. The first-order valence-corrected chi connectivity index (χ1v) is 9.59. The third-order valence-corrected chi connectivity index (χ3v) is 4.60. The molecule has 1 aromatic carbocycles. The molecule has 1 aromatic heterocycles. The third-order valence-electron chi connectivity index (χ3n) is 4.60. The lowest BCUT2D eigenvalue weighted by Gasteiger charge is -2.14. The quantitative estimate of drug-likeness (QED) is 0.343. The highest BCUT2D eigenvalue weighted by Gasteiger charge is 2.23. The van der Waals surface area contributed by atoms with Gasteiger partial charge >= 0.3 is 5.69 Å². The number of hydrogen-bond donors (Lipinski definition) is 3. The van der Waals surface area contributed by atoms with Crippen molar-refractivity contribution in [1.82, 2.24) is 9.97 Å².